The topological polar surface area (TPSA) is 84.6 Å². The Morgan fingerprint density at radius 2 is 2.33 bits per heavy atom. The van der Waals surface area contributed by atoms with E-state index < -0.39 is 0 Å². The predicted molar refractivity (Wildman–Crippen MR) is 59.3 cm³/mol. The second-order valence-electron chi connectivity index (χ2n) is 3.16. The highest BCUT2D eigenvalue weighted by Crippen LogP contribution is 2.26. The fourth-order valence-electron chi connectivity index (χ4n) is 1.03. The van der Waals surface area contributed by atoms with Crippen molar-refractivity contribution in [3.05, 3.63) is 11.5 Å². The van der Waals surface area contributed by atoms with Crippen molar-refractivity contribution in [2.75, 3.05) is 0 Å². The minimum atomic E-state index is -0.104. The van der Waals surface area contributed by atoms with Crippen molar-refractivity contribution >= 4 is 17.6 Å². The van der Waals surface area contributed by atoms with Crippen molar-refractivity contribution in [2.45, 2.75) is 37.7 Å². The highest BCUT2D eigenvalue weighted by atomic mass is 32.2. The van der Waals surface area contributed by atoms with Crippen LogP contribution in [0.3, 0.4) is 0 Å². The van der Waals surface area contributed by atoms with E-state index in [1.54, 1.807) is 0 Å². The molecule has 0 aliphatic rings. The minimum Gasteiger partial charge on any atom is -0.437 e. The summed E-state index contributed by atoms with van der Waals surface area (Å²) in [5.74, 6) is 0.989. The summed E-state index contributed by atoms with van der Waals surface area (Å²) in [4.78, 5) is 4.22. The van der Waals surface area contributed by atoms with Gasteiger partial charge in [0.15, 0.2) is 5.84 Å². The lowest BCUT2D eigenvalue weighted by Crippen LogP contribution is -2.25. The lowest BCUT2D eigenvalue weighted by Gasteiger charge is -2.08. The second kappa shape index (κ2) is 5.06. The molecule has 0 fully saturated rings. The lowest BCUT2D eigenvalue weighted by molar-refractivity contribution is 0.317. The molecule has 15 heavy (non-hydrogen) atoms. The number of hydrogen-bond acceptors (Lipinski definition) is 5. The molecular weight excluding hydrogens is 214 g/mol. The summed E-state index contributed by atoms with van der Waals surface area (Å²) in [6, 6.07) is 0. The molecular formula is C9H15N3O2S. The van der Waals surface area contributed by atoms with Crippen LogP contribution in [0.4, 0.5) is 0 Å². The molecule has 3 N–H and O–H groups in total. The predicted octanol–water partition coefficient (Wildman–Crippen LogP) is 1.91. The van der Waals surface area contributed by atoms with E-state index in [-0.39, 0.29) is 11.1 Å². The maximum atomic E-state index is 8.57. The van der Waals surface area contributed by atoms with Crippen molar-refractivity contribution in [1.29, 1.82) is 0 Å². The molecule has 0 aliphatic carbocycles. The first kappa shape index (κ1) is 11.9. The van der Waals surface area contributed by atoms with Gasteiger partial charge in [-0.05, 0) is 20.3 Å². The highest BCUT2D eigenvalue weighted by molar-refractivity contribution is 8.00. The number of rotatable bonds is 4. The van der Waals surface area contributed by atoms with Crippen molar-refractivity contribution in [1.82, 2.24) is 4.98 Å². The molecule has 0 amide bonds. The SMILES string of the molecule is CCC(Sc1nc(C)c(C)o1)C(N)=NO. The zero-order valence-corrected chi connectivity index (χ0v) is 9.84. The van der Waals surface area contributed by atoms with Gasteiger partial charge in [-0.25, -0.2) is 4.98 Å². The number of aryl methyl sites for hydroxylation is 2. The Hall–Kier alpha value is -1.17. The highest BCUT2D eigenvalue weighted by Gasteiger charge is 2.17. The number of nitrogens with zero attached hydrogens (tertiary/aromatic N) is 2. The van der Waals surface area contributed by atoms with Crippen molar-refractivity contribution in [3.63, 3.8) is 0 Å². The van der Waals surface area contributed by atoms with Crippen molar-refractivity contribution < 1.29 is 9.62 Å². The molecule has 5 nitrogen and oxygen atoms in total. The Labute approximate surface area is 92.7 Å². The Kier molecular flexibility index (Phi) is 4.02. The van der Waals surface area contributed by atoms with E-state index in [4.69, 9.17) is 15.4 Å². The van der Waals surface area contributed by atoms with E-state index in [2.05, 4.69) is 10.1 Å². The monoisotopic (exact) mass is 229 g/mol. The van der Waals surface area contributed by atoms with Gasteiger partial charge in [-0.2, -0.15) is 0 Å². The second-order valence-corrected chi connectivity index (χ2v) is 4.31. The summed E-state index contributed by atoms with van der Waals surface area (Å²) in [6.07, 6.45) is 0.751. The van der Waals surface area contributed by atoms with Crippen LogP contribution in [0.2, 0.25) is 0 Å². The van der Waals surface area contributed by atoms with Crippen LogP contribution in [-0.4, -0.2) is 21.3 Å². The van der Waals surface area contributed by atoms with E-state index in [1.165, 1.54) is 11.8 Å². The van der Waals surface area contributed by atoms with Gasteiger partial charge >= 0.3 is 0 Å². The van der Waals surface area contributed by atoms with Crippen LogP contribution in [0.5, 0.6) is 0 Å². The zero-order chi connectivity index (χ0) is 11.4. The van der Waals surface area contributed by atoms with E-state index in [0.717, 1.165) is 17.9 Å². The first-order chi connectivity index (χ1) is 7.08. The third-order valence-electron chi connectivity index (χ3n) is 2.07. The minimum absolute atomic E-state index is 0.104. The van der Waals surface area contributed by atoms with Crippen LogP contribution < -0.4 is 5.73 Å². The summed E-state index contributed by atoms with van der Waals surface area (Å²) in [6.45, 7) is 5.70. The normalized spacial score (nSPS) is 14.2. The summed E-state index contributed by atoms with van der Waals surface area (Å²) in [5, 5.41) is 12.0. The maximum absolute atomic E-state index is 8.57. The number of nitrogens with two attached hydrogens (primary N) is 1. The number of oxime groups is 1. The average molecular weight is 229 g/mol. The van der Waals surface area contributed by atoms with Gasteiger partial charge in [-0.1, -0.05) is 23.8 Å². The van der Waals surface area contributed by atoms with E-state index in [1.807, 2.05) is 20.8 Å². The molecule has 0 saturated carbocycles. The molecule has 0 bridgehead atoms. The van der Waals surface area contributed by atoms with E-state index in [0.29, 0.717) is 5.22 Å². The van der Waals surface area contributed by atoms with Crippen molar-refractivity contribution in [2.24, 2.45) is 10.9 Å². The summed E-state index contributed by atoms with van der Waals surface area (Å²) in [5.41, 5.74) is 6.40. The molecule has 1 unspecified atom stereocenters. The third-order valence-corrected chi connectivity index (χ3v) is 3.30. The summed E-state index contributed by atoms with van der Waals surface area (Å²) >= 11 is 1.36. The standard InChI is InChI=1S/C9H15N3O2S/c1-4-7(8(10)12-13)15-9-11-5(2)6(3)14-9/h7,13H,4H2,1-3H3,(H2,10,12). The summed E-state index contributed by atoms with van der Waals surface area (Å²) in [7, 11) is 0. The fraction of sp³-hybridized carbons (Fsp3) is 0.556. The molecule has 1 aromatic rings. The Balaban J connectivity index is 2.75. The van der Waals surface area contributed by atoms with Gasteiger partial charge in [0.25, 0.3) is 5.22 Å². The largest absolute Gasteiger partial charge is 0.437 e. The third kappa shape index (κ3) is 2.89. The quantitative estimate of drug-likeness (QED) is 0.271. The number of aromatic nitrogens is 1. The molecule has 1 rings (SSSR count). The zero-order valence-electron chi connectivity index (χ0n) is 9.02. The molecule has 6 heteroatoms. The Morgan fingerprint density at radius 3 is 2.73 bits per heavy atom. The maximum Gasteiger partial charge on any atom is 0.256 e. The van der Waals surface area contributed by atoms with E-state index in [9.17, 15) is 0 Å². The molecule has 1 heterocycles. The molecule has 0 saturated heterocycles. The molecule has 0 aromatic carbocycles. The fourth-order valence-corrected chi connectivity index (χ4v) is 1.97. The molecule has 1 aromatic heterocycles. The lowest BCUT2D eigenvalue weighted by atomic mass is 10.3. The van der Waals surface area contributed by atoms with Crippen LogP contribution in [0.15, 0.2) is 14.8 Å². The smallest absolute Gasteiger partial charge is 0.256 e. The first-order valence-electron chi connectivity index (χ1n) is 4.66. The molecule has 84 valence electrons. The number of amidine groups is 1. The van der Waals surface area contributed by atoms with Crippen molar-refractivity contribution in [3.8, 4) is 0 Å². The molecule has 0 spiro atoms. The Bertz CT molecular complexity index is 343. The molecule has 0 radical (unpaired) electrons. The van der Waals surface area contributed by atoms with Crippen LogP contribution >= 0.6 is 11.8 Å². The van der Waals surface area contributed by atoms with Gasteiger partial charge in [-0.3, -0.25) is 0 Å². The molecule has 1 atom stereocenters. The van der Waals surface area contributed by atoms with E-state index >= 15 is 0 Å². The number of oxazole rings is 1. The van der Waals surface area contributed by atoms with Gasteiger partial charge in [0.05, 0.1) is 10.9 Å². The van der Waals surface area contributed by atoms with Crippen LogP contribution in [-0.2, 0) is 0 Å². The Morgan fingerprint density at radius 1 is 1.67 bits per heavy atom. The average Bonchev–Trinajstić information content (AvgIpc) is 2.53. The van der Waals surface area contributed by atoms with Crippen LogP contribution in [0.1, 0.15) is 24.8 Å². The van der Waals surface area contributed by atoms with Gasteiger partial charge in [-0.15, -0.1) is 0 Å². The number of hydrogen-bond donors (Lipinski definition) is 2. The van der Waals surface area contributed by atoms with Gasteiger partial charge in [0, 0.05) is 0 Å². The van der Waals surface area contributed by atoms with Crippen LogP contribution in [0.25, 0.3) is 0 Å². The number of thioether (sulfide) groups is 1. The van der Waals surface area contributed by atoms with Gasteiger partial charge in [0.1, 0.15) is 5.76 Å². The molecule has 0 aliphatic heterocycles. The van der Waals surface area contributed by atoms with Gasteiger partial charge < -0.3 is 15.4 Å². The summed E-state index contributed by atoms with van der Waals surface area (Å²) < 4.78 is 5.40. The first-order valence-corrected chi connectivity index (χ1v) is 5.54. The van der Waals surface area contributed by atoms with Gasteiger partial charge in [0.2, 0.25) is 0 Å². The van der Waals surface area contributed by atoms with Crippen LogP contribution in [0, 0.1) is 13.8 Å².